The van der Waals surface area contributed by atoms with Gasteiger partial charge in [-0.3, -0.25) is 4.79 Å². The van der Waals surface area contributed by atoms with Crippen molar-refractivity contribution in [3.05, 3.63) is 28.8 Å². The van der Waals surface area contributed by atoms with E-state index in [4.69, 9.17) is 0 Å². The number of halogens is 2. The van der Waals surface area contributed by atoms with Crippen molar-refractivity contribution in [3.63, 3.8) is 0 Å². The van der Waals surface area contributed by atoms with Crippen LogP contribution in [0.1, 0.15) is 54.1 Å². The van der Waals surface area contributed by atoms with E-state index in [1.54, 1.807) is 19.9 Å². The van der Waals surface area contributed by atoms with Gasteiger partial charge in [0.1, 0.15) is 0 Å². The first-order valence-corrected chi connectivity index (χ1v) is 11.3. The number of amides is 1. The van der Waals surface area contributed by atoms with E-state index >= 15 is 0 Å². The van der Waals surface area contributed by atoms with Crippen molar-refractivity contribution in [2.45, 2.75) is 63.8 Å². The van der Waals surface area contributed by atoms with Crippen LogP contribution in [-0.2, 0) is 10.0 Å². The minimum atomic E-state index is -3.73. The summed E-state index contributed by atoms with van der Waals surface area (Å²) in [4.78, 5) is 14.2. The molecule has 2 aliphatic rings. The maximum Gasteiger partial charge on any atom is 0.255 e. The summed E-state index contributed by atoms with van der Waals surface area (Å²) in [5.74, 6) is -0.0294. The van der Waals surface area contributed by atoms with Gasteiger partial charge >= 0.3 is 0 Å². The van der Waals surface area contributed by atoms with Crippen LogP contribution < -0.4 is 0 Å². The molecule has 1 aromatic rings. The molecule has 1 aliphatic heterocycles. The monoisotopic (exact) mass is 414 g/mol. The van der Waals surface area contributed by atoms with Gasteiger partial charge in [-0.2, -0.15) is 4.31 Å². The number of carbonyl (C=O) groups excluding carboxylic acids is 1. The van der Waals surface area contributed by atoms with Crippen LogP contribution in [-0.4, -0.2) is 55.6 Å². The molecular formula is C20H28F2N2O3S. The smallest absolute Gasteiger partial charge is 0.255 e. The van der Waals surface area contributed by atoms with Crippen molar-refractivity contribution in [2.24, 2.45) is 5.92 Å². The molecule has 1 aromatic carbocycles. The minimum Gasteiger partial charge on any atom is -0.330 e. The molecule has 0 spiro atoms. The highest BCUT2D eigenvalue weighted by Gasteiger charge is 2.36. The topological polar surface area (TPSA) is 57.7 Å². The molecule has 0 bridgehead atoms. The lowest BCUT2D eigenvalue weighted by atomic mass is 10.0. The fraction of sp³-hybridized carbons (Fsp3) is 0.650. The van der Waals surface area contributed by atoms with E-state index in [1.165, 1.54) is 15.3 Å². The van der Waals surface area contributed by atoms with E-state index < -0.39 is 28.9 Å². The SMILES string of the molecule is Cc1cc(C(=O)N(CC(F)F)C2CC2)cc(S(=O)(=O)N2CCC(C)CC2)c1C. The average molecular weight is 415 g/mol. The summed E-state index contributed by atoms with van der Waals surface area (Å²) in [5, 5.41) is 0. The predicted molar refractivity (Wildman–Crippen MR) is 103 cm³/mol. The summed E-state index contributed by atoms with van der Waals surface area (Å²) in [6.07, 6.45) is 0.412. The number of piperidine rings is 1. The number of aryl methyl sites for hydroxylation is 1. The normalized spacial score (nSPS) is 19.2. The van der Waals surface area contributed by atoms with E-state index in [0.29, 0.717) is 43.0 Å². The first kappa shape index (κ1) is 21.2. The maximum atomic E-state index is 13.2. The van der Waals surface area contributed by atoms with E-state index in [-0.39, 0.29) is 16.5 Å². The standard InChI is InChI=1S/C20H28F2N2O3S/c1-13-6-8-23(9-7-13)28(26,27)18-11-16(10-14(2)15(18)3)20(25)24(12-19(21)22)17-4-5-17/h10-11,13,17,19H,4-9,12H2,1-3H3. The lowest BCUT2D eigenvalue weighted by Gasteiger charge is -2.30. The molecular weight excluding hydrogens is 386 g/mol. The van der Waals surface area contributed by atoms with E-state index in [9.17, 15) is 22.0 Å². The molecule has 3 rings (SSSR count). The fourth-order valence-corrected chi connectivity index (χ4v) is 5.47. The molecule has 156 valence electrons. The first-order chi connectivity index (χ1) is 13.1. The third-order valence-electron chi connectivity index (χ3n) is 5.81. The average Bonchev–Trinajstić information content (AvgIpc) is 3.46. The van der Waals surface area contributed by atoms with Crippen LogP contribution in [0.4, 0.5) is 8.78 Å². The Morgan fingerprint density at radius 2 is 1.79 bits per heavy atom. The van der Waals surface area contributed by atoms with Gasteiger partial charge in [-0.25, -0.2) is 17.2 Å². The van der Waals surface area contributed by atoms with Gasteiger partial charge in [0.05, 0.1) is 11.4 Å². The summed E-state index contributed by atoms with van der Waals surface area (Å²) >= 11 is 0. The summed E-state index contributed by atoms with van der Waals surface area (Å²) in [6.45, 7) is 5.87. The number of rotatable bonds is 6. The molecule has 8 heteroatoms. The van der Waals surface area contributed by atoms with Gasteiger partial charge in [-0.05, 0) is 68.7 Å². The summed E-state index contributed by atoms with van der Waals surface area (Å²) in [5.41, 5.74) is 1.43. The molecule has 2 fully saturated rings. The van der Waals surface area contributed by atoms with Gasteiger partial charge in [-0.1, -0.05) is 6.92 Å². The van der Waals surface area contributed by atoms with E-state index in [0.717, 1.165) is 12.8 Å². The third-order valence-corrected chi connectivity index (χ3v) is 7.84. The van der Waals surface area contributed by atoms with Gasteiger partial charge < -0.3 is 4.90 Å². The first-order valence-electron chi connectivity index (χ1n) is 9.81. The molecule has 0 N–H and O–H groups in total. The van der Waals surface area contributed by atoms with Crippen LogP contribution >= 0.6 is 0 Å². The van der Waals surface area contributed by atoms with Crippen molar-refractivity contribution in [3.8, 4) is 0 Å². The maximum absolute atomic E-state index is 13.2. The molecule has 1 saturated carbocycles. The quantitative estimate of drug-likeness (QED) is 0.715. The van der Waals surface area contributed by atoms with Crippen molar-refractivity contribution in [1.29, 1.82) is 0 Å². The number of nitrogens with zero attached hydrogens (tertiary/aromatic N) is 2. The van der Waals surface area contributed by atoms with Gasteiger partial charge in [0, 0.05) is 24.7 Å². The zero-order valence-electron chi connectivity index (χ0n) is 16.6. The van der Waals surface area contributed by atoms with Gasteiger partial charge in [-0.15, -0.1) is 0 Å². The van der Waals surface area contributed by atoms with Gasteiger partial charge in [0.15, 0.2) is 0 Å². The number of alkyl halides is 2. The van der Waals surface area contributed by atoms with E-state index in [2.05, 4.69) is 6.92 Å². The number of carbonyl (C=O) groups is 1. The van der Waals surface area contributed by atoms with Gasteiger partial charge in [0.2, 0.25) is 10.0 Å². The third kappa shape index (κ3) is 4.38. The molecule has 1 aliphatic carbocycles. The Hall–Kier alpha value is -1.54. The second kappa shape index (κ2) is 8.06. The molecule has 0 atom stereocenters. The van der Waals surface area contributed by atoms with Crippen molar-refractivity contribution in [1.82, 2.24) is 9.21 Å². The molecule has 0 unspecified atom stereocenters. The highest BCUT2D eigenvalue weighted by atomic mass is 32.2. The fourth-order valence-electron chi connectivity index (χ4n) is 3.68. The molecule has 28 heavy (non-hydrogen) atoms. The Morgan fingerprint density at radius 1 is 1.18 bits per heavy atom. The van der Waals surface area contributed by atoms with Crippen molar-refractivity contribution in [2.75, 3.05) is 19.6 Å². The van der Waals surface area contributed by atoms with Crippen molar-refractivity contribution >= 4 is 15.9 Å². The molecule has 5 nitrogen and oxygen atoms in total. The van der Waals surface area contributed by atoms with Crippen LogP contribution in [0.25, 0.3) is 0 Å². The van der Waals surface area contributed by atoms with Gasteiger partial charge in [0.25, 0.3) is 12.3 Å². The second-order valence-electron chi connectivity index (χ2n) is 8.08. The van der Waals surface area contributed by atoms with Crippen LogP contribution in [0, 0.1) is 19.8 Å². The molecule has 1 saturated heterocycles. The Labute approximate surface area is 165 Å². The number of hydrogen-bond acceptors (Lipinski definition) is 3. The number of benzene rings is 1. The zero-order chi connectivity index (χ0) is 20.6. The molecule has 1 heterocycles. The number of sulfonamides is 1. The Bertz CT molecular complexity index is 845. The Balaban J connectivity index is 1.95. The highest BCUT2D eigenvalue weighted by molar-refractivity contribution is 7.89. The second-order valence-corrected chi connectivity index (χ2v) is 9.99. The summed E-state index contributed by atoms with van der Waals surface area (Å²) < 4.78 is 53.8. The summed E-state index contributed by atoms with van der Waals surface area (Å²) in [6, 6.07) is 2.81. The Kier molecular flexibility index (Phi) is 6.10. The lowest BCUT2D eigenvalue weighted by molar-refractivity contribution is 0.0534. The zero-order valence-corrected chi connectivity index (χ0v) is 17.4. The minimum absolute atomic E-state index is 0.109. The van der Waals surface area contributed by atoms with Crippen LogP contribution in [0.3, 0.4) is 0 Å². The van der Waals surface area contributed by atoms with Crippen LogP contribution in [0.2, 0.25) is 0 Å². The Morgan fingerprint density at radius 3 is 2.32 bits per heavy atom. The predicted octanol–water partition coefficient (Wildman–Crippen LogP) is 3.59. The van der Waals surface area contributed by atoms with E-state index in [1.807, 2.05) is 0 Å². The van der Waals surface area contributed by atoms with Crippen molar-refractivity contribution < 1.29 is 22.0 Å². The molecule has 1 amide bonds. The van der Waals surface area contributed by atoms with Crippen LogP contribution in [0.5, 0.6) is 0 Å². The largest absolute Gasteiger partial charge is 0.330 e. The summed E-state index contributed by atoms with van der Waals surface area (Å²) in [7, 11) is -3.73. The van der Waals surface area contributed by atoms with Crippen LogP contribution in [0.15, 0.2) is 17.0 Å². The molecule has 0 aromatic heterocycles. The number of hydrogen-bond donors (Lipinski definition) is 0. The lowest BCUT2D eigenvalue weighted by Crippen LogP contribution is -2.39. The highest BCUT2D eigenvalue weighted by Crippen LogP contribution is 2.32. The molecule has 0 radical (unpaired) electrons.